The summed E-state index contributed by atoms with van der Waals surface area (Å²) in [6.45, 7) is -1.31. The lowest BCUT2D eigenvalue weighted by molar-refractivity contribution is -0.119. The summed E-state index contributed by atoms with van der Waals surface area (Å²) in [4.78, 5) is 39.3. The zero-order chi connectivity index (χ0) is 33.3. The van der Waals surface area contributed by atoms with Gasteiger partial charge in [0.25, 0.3) is 5.56 Å². The van der Waals surface area contributed by atoms with Crippen molar-refractivity contribution in [3.63, 3.8) is 0 Å². The SMILES string of the molecule is CC1CCCC(n2cnc(-c3cc(Cl)cnc3N(N)/C=C(\N)C(F)(F)F)cc2=O)c2cc(ccn2)-c2c(cnn2C(F)F)NC1=O. The van der Waals surface area contributed by atoms with Crippen LogP contribution in [0.25, 0.3) is 22.5 Å². The zero-order valence-corrected chi connectivity index (χ0v) is 24.7. The number of pyridine rings is 2. The van der Waals surface area contributed by atoms with E-state index < -0.39 is 35.9 Å². The number of nitrogens with one attached hydrogen (secondary N) is 1. The number of rotatable bonds is 5. The van der Waals surface area contributed by atoms with E-state index in [4.69, 9.17) is 23.2 Å². The van der Waals surface area contributed by atoms with E-state index in [1.54, 1.807) is 6.92 Å². The molecule has 4 aromatic rings. The molecule has 1 aliphatic rings. The molecule has 4 aromatic heterocycles. The minimum Gasteiger partial charge on any atom is -0.393 e. The first-order valence-corrected chi connectivity index (χ1v) is 14.1. The highest BCUT2D eigenvalue weighted by molar-refractivity contribution is 6.30. The number of nitrogens with zero attached hydrogens (tertiary/aromatic N) is 7. The van der Waals surface area contributed by atoms with Crippen molar-refractivity contribution in [3.05, 3.63) is 82.2 Å². The highest BCUT2D eigenvalue weighted by Crippen LogP contribution is 2.35. The minimum absolute atomic E-state index is 0.00804. The molecule has 1 amide bonds. The van der Waals surface area contributed by atoms with Crippen LogP contribution in [-0.2, 0) is 4.79 Å². The number of anilines is 2. The Morgan fingerprint density at radius 1 is 1.15 bits per heavy atom. The van der Waals surface area contributed by atoms with Crippen LogP contribution in [0.15, 0.2) is 65.9 Å². The summed E-state index contributed by atoms with van der Waals surface area (Å²) in [5.74, 6) is 4.73. The van der Waals surface area contributed by atoms with E-state index in [2.05, 4.69) is 25.4 Å². The molecule has 12 nitrogen and oxygen atoms in total. The maximum absolute atomic E-state index is 13.9. The first kappa shape index (κ1) is 32.5. The summed E-state index contributed by atoms with van der Waals surface area (Å²) < 4.78 is 68.7. The van der Waals surface area contributed by atoms with Crippen molar-refractivity contribution >= 4 is 29.0 Å². The van der Waals surface area contributed by atoms with Gasteiger partial charge in [-0.05, 0) is 31.0 Å². The summed E-state index contributed by atoms with van der Waals surface area (Å²) in [7, 11) is 0. The van der Waals surface area contributed by atoms with Crippen molar-refractivity contribution in [3.8, 4) is 22.5 Å². The van der Waals surface area contributed by atoms with Gasteiger partial charge in [0, 0.05) is 35.5 Å². The Morgan fingerprint density at radius 3 is 2.61 bits per heavy atom. The molecular formula is C28H26ClF5N10O2. The average Bonchev–Trinajstić information content (AvgIpc) is 3.42. The van der Waals surface area contributed by atoms with Crippen LogP contribution < -0.4 is 27.5 Å². The number of fused-ring (bicyclic) bond motifs is 4. The van der Waals surface area contributed by atoms with E-state index in [0.29, 0.717) is 40.8 Å². The smallest absolute Gasteiger partial charge is 0.393 e. The lowest BCUT2D eigenvalue weighted by atomic mass is 9.97. The highest BCUT2D eigenvalue weighted by Gasteiger charge is 2.32. The van der Waals surface area contributed by atoms with Crippen molar-refractivity contribution < 1.29 is 26.7 Å². The van der Waals surface area contributed by atoms with Crippen LogP contribution in [0.3, 0.4) is 0 Å². The molecule has 1 aliphatic heterocycles. The Kier molecular flexibility index (Phi) is 9.07. The summed E-state index contributed by atoms with van der Waals surface area (Å²) in [5, 5.41) is 7.07. The molecule has 5 rings (SSSR count). The molecule has 0 aromatic carbocycles. The van der Waals surface area contributed by atoms with Gasteiger partial charge in [0.2, 0.25) is 5.91 Å². The Bertz CT molecular complexity index is 1860. The Morgan fingerprint density at radius 2 is 1.91 bits per heavy atom. The Hall–Kier alpha value is -4.90. The number of halogens is 6. The van der Waals surface area contributed by atoms with Crippen molar-refractivity contribution in [2.45, 2.75) is 45.0 Å². The molecule has 2 unspecified atom stereocenters. The molecule has 5 heterocycles. The summed E-state index contributed by atoms with van der Waals surface area (Å²) in [5.41, 5.74) is 3.75. The first-order valence-electron chi connectivity index (χ1n) is 13.7. The Labute approximate surface area is 262 Å². The number of alkyl halides is 5. The topological polar surface area (TPSA) is 163 Å². The van der Waals surface area contributed by atoms with E-state index >= 15 is 0 Å². The predicted molar refractivity (Wildman–Crippen MR) is 158 cm³/mol. The van der Waals surface area contributed by atoms with E-state index in [1.165, 1.54) is 35.3 Å². The summed E-state index contributed by atoms with van der Waals surface area (Å²) in [6.07, 6.45) is 1.68. The van der Waals surface area contributed by atoms with Crippen LogP contribution in [0.1, 0.15) is 44.5 Å². The average molecular weight is 665 g/mol. The van der Waals surface area contributed by atoms with Crippen LogP contribution in [0, 0.1) is 5.92 Å². The fourth-order valence-electron chi connectivity index (χ4n) is 5.00. The number of carbonyl (C=O) groups excluding carboxylic acids is 1. The third kappa shape index (κ3) is 6.69. The van der Waals surface area contributed by atoms with Crippen LogP contribution in [0.2, 0.25) is 5.02 Å². The number of carbonyl (C=O) groups is 1. The standard InChI is InChI=1S/C28H26ClF5N10O2/c1-14-3-2-4-21(19-7-15(5-6-37-19)24-20(41-26(14)46)11-40-44(24)27(30)31)42-13-39-18(9-23(42)45)17-8-16(29)10-38-25(17)43(36)12-22(35)28(32,33)34/h5-14,21,27H,2-4,35-36H2,1H3,(H,41,46)/b22-12-. The lowest BCUT2D eigenvalue weighted by Crippen LogP contribution is -2.31. The molecule has 0 radical (unpaired) electrons. The molecular weight excluding hydrogens is 639 g/mol. The molecule has 2 bridgehead atoms. The van der Waals surface area contributed by atoms with Gasteiger partial charge in [-0.2, -0.15) is 27.1 Å². The third-order valence-electron chi connectivity index (χ3n) is 7.33. The summed E-state index contributed by atoms with van der Waals surface area (Å²) >= 11 is 6.10. The molecule has 0 spiro atoms. The van der Waals surface area contributed by atoms with Crippen molar-refractivity contribution in [1.82, 2.24) is 29.3 Å². The van der Waals surface area contributed by atoms with Crippen LogP contribution in [-0.4, -0.2) is 41.4 Å². The number of hydrazine groups is 1. The van der Waals surface area contributed by atoms with Gasteiger partial charge in [-0.15, -0.1) is 0 Å². The molecule has 0 aliphatic carbocycles. The van der Waals surface area contributed by atoms with E-state index in [0.717, 1.165) is 18.5 Å². The molecule has 0 saturated carbocycles. The van der Waals surface area contributed by atoms with Crippen LogP contribution >= 0.6 is 11.6 Å². The normalized spacial score (nSPS) is 17.6. The van der Waals surface area contributed by atoms with Gasteiger partial charge in [-0.3, -0.25) is 24.1 Å². The van der Waals surface area contributed by atoms with Crippen molar-refractivity contribution in [2.75, 3.05) is 10.3 Å². The molecule has 5 N–H and O–H groups in total. The maximum atomic E-state index is 13.9. The fourth-order valence-corrected chi connectivity index (χ4v) is 5.16. The van der Waals surface area contributed by atoms with Gasteiger partial charge in [0.05, 0.1) is 52.6 Å². The minimum atomic E-state index is -4.86. The molecule has 46 heavy (non-hydrogen) atoms. The molecule has 18 heteroatoms. The molecule has 0 fully saturated rings. The van der Waals surface area contributed by atoms with Gasteiger partial charge >= 0.3 is 12.7 Å². The van der Waals surface area contributed by atoms with Crippen LogP contribution in [0.4, 0.5) is 33.5 Å². The third-order valence-corrected chi connectivity index (χ3v) is 7.53. The van der Waals surface area contributed by atoms with Crippen LogP contribution in [0.5, 0.6) is 0 Å². The number of nitrogens with two attached hydrogens (primary N) is 2. The lowest BCUT2D eigenvalue weighted by Gasteiger charge is -2.22. The second-order valence-electron chi connectivity index (χ2n) is 10.5. The summed E-state index contributed by atoms with van der Waals surface area (Å²) in [6, 6.07) is 4.72. The molecule has 0 saturated heterocycles. The van der Waals surface area contributed by atoms with Gasteiger partial charge in [0.15, 0.2) is 5.82 Å². The number of hydrogen-bond donors (Lipinski definition) is 3. The van der Waals surface area contributed by atoms with E-state index in [9.17, 15) is 31.5 Å². The quantitative estimate of drug-likeness (QED) is 0.151. The Balaban J connectivity index is 1.59. The fraction of sp³-hybridized carbons (Fsp3) is 0.286. The van der Waals surface area contributed by atoms with E-state index in [-0.39, 0.29) is 44.9 Å². The van der Waals surface area contributed by atoms with Gasteiger partial charge in [0.1, 0.15) is 5.70 Å². The number of aromatic nitrogens is 6. The van der Waals surface area contributed by atoms with E-state index in [1.807, 2.05) is 0 Å². The molecule has 2 atom stereocenters. The van der Waals surface area contributed by atoms with Gasteiger partial charge in [-0.1, -0.05) is 24.9 Å². The van der Waals surface area contributed by atoms with Gasteiger partial charge < -0.3 is 11.1 Å². The predicted octanol–water partition coefficient (Wildman–Crippen LogP) is 5.00. The maximum Gasteiger partial charge on any atom is 0.432 e. The highest BCUT2D eigenvalue weighted by atomic mass is 35.5. The van der Waals surface area contributed by atoms with Crippen molar-refractivity contribution in [1.29, 1.82) is 0 Å². The molecule has 242 valence electrons. The number of hydrogen-bond acceptors (Lipinski definition) is 9. The zero-order valence-electron chi connectivity index (χ0n) is 23.9. The second-order valence-corrected chi connectivity index (χ2v) is 10.9. The number of allylic oxidation sites excluding steroid dienone is 1. The monoisotopic (exact) mass is 664 g/mol. The largest absolute Gasteiger partial charge is 0.432 e. The number of amides is 1. The second kappa shape index (κ2) is 12.8. The van der Waals surface area contributed by atoms with Gasteiger partial charge in [-0.25, -0.2) is 20.5 Å². The van der Waals surface area contributed by atoms with Crippen molar-refractivity contribution in [2.24, 2.45) is 17.5 Å². The first-order chi connectivity index (χ1) is 21.7.